The molecule has 0 aliphatic carbocycles. The number of piperidine rings is 1. The van der Waals surface area contributed by atoms with Crippen molar-refractivity contribution in [3.05, 3.63) is 4.77 Å². The molecule has 1 saturated heterocycles. The highest BCUT2D eigenvalue weighted by atomic mass is 32.1. The van der Waals surface area contributed by atoms with Crippen molar-refractivity contribution in [1.29, 1.82) is 0 Å². The summed E-state index contributed by atoms with van der Waals surface area (Å²) in [6.07, 6.45) is 4.93. The number of H-pyrrole nitrogens is 1. The highest BCUT2D eigenvalue weighted by Gasteiger charge is 2.27. The van der Waals surface area contributed by atoms with Crippen LogP contribution in [0.2, 0.25) is 0 Å². The molecular weight excluding hydrogens is 244 g/mol. The Morgan fingerprint density at radius 3 is 2.83 bits per heavy atom. The van der Waals surface area contributed by atoms with E-state index in [0.717, 1.165) is 36.1 Å². The van der Waals surface area contributed by atoms with E-state index in [4.69, 9.17) is 12.2 Å². The van der Waals surface area contributed by atoms with Crippen LogP contribution >= 0.6 is 12.2 Å². The van der Waals surface area contributed by atoms with Crippen molar-refractivity contribution in [3.8, 4) is 0 Å². The minimum Gasteiger partial charge on any atom is -0.338 e. The number of hydrogen-bond donors (Lipinski definition) is 1. The van der Waals surface area contributed by atoms with E-state index < -0.39 is 0 Å². The number of rotatable bonds is 4. The number of nitrogens with zero attached hydrogens (tertiary/aromatic N) is 3. The zero-order valence-corrected chi connectivity index (χ0v) is 12.5. The van der Waals surface area contributed by atoms with E-state index in [1.807, 2.05) is 0 Å². The Hall–Kier alpha value is -0.840. The third-order valence-electron chi connectivity index (χ3n) is 4.00. The summed E-state index contributed by atoms with van der Waals surface area (Å²) >= 11 is 5.32. The molecule has 5 heteroatoms. The number of hydrogen-bond acceptors (Lipinski definition) is 3. The molecule has 2 atom stereocenters. The van der Waals surface area contributed by atoms with Crippen molar-refractivity contribution in [2.24, 2.45) is 5.92 Å². The molecule has 1 fully saturated rings. The average molecular weight is 268 g/mol. The fourth-order valence-electron chi connectivity index (χ4n) is 2.75. The molecule has 2 unspecified atom stereocenters. The summed E-state index contributed by atoms with van der Waals surface area (Å²) in [6, 6.07) is 0.564. The van der Waals surface area contributed by atoms with Crippen LogP contribution in [0.3, 0.4) is 0 Å². The number of anilines is 1. The lowest BCUT2D eigenvalue weighted by atomic mass is 9.92. The molecule has 2 rings (SSSR count). The van der Waals surface area contributed by atoms with E-state index in [2.05, 4.69) is 40.4 Å². The lowest BCUT2D eigenvalue weighted by Gasteiger charge is -2.38. The Labute approximate surface area is 114 Å². The summed E-state index contributed by atoms with van der Waals surface area (Å²) in [6.45, 7) is 8.81. The van der Waals surface area contributed by atoms with Gasteiger partial charge in [0.25, 0.3) is 0 Å². The quantitative estimate of drug-likeness (QED) is 0.851. The van der Waals surface area contributed by atoms with Crippen LogP contribution in [0.4, 0.5) is 5.95 Å². The lowest BCUT2D eigenvalue weighted by molar-refractivity contribution is 0.352. The monoisotopic (exact) mass is 268 g/mol. The van der Waals surface area contributed by atoms with Crippen LogP contribution in [0.5, 0.6) is 0 Å². The number of aromatic amines is 1. The van der Waals surface area contributed by atoms with E-state index in [1.54, 1.807) is 0 Å². The molecule has 0 bridgehead atoms. The van der Waals surface area contributed by atoms with Gasteiger partial charge in [0.15, 0.2) is 4.77 Å². The van der Waals surface area contributed by atoms with Gasteiger partial charge in [-0.3, -0.25) is 4.57 Å². The van der Waals surface area contributed by atoms with Crippen molar-refractivity contribution in [1.82, 2.24) is 14.8 Å². The van der Waals surface area contributed by atoms with Gasteiger partial charge in [-0.2, -0.15) is 0 Å². The van der Waals surface area contributed by atoms with Gasteiger partial charge in [-0.1, -0.05) is 20.3 Å². The highest BCUT2D eigenvalue weighted by Crippen LogP contribution is 2.28. The second-order valence-electron chi connectivity index (χ2n) is 5.33. The van der Waals surface area contributed by atoms with Crippen LogP contribution in [-0.2, 0) is 6.54 Å². The van der Waals surface area contributed by atoms with E-state index >= 15 is 0 Å². The minimum absolute atomic E-state index is 0.564. The first-order chi connectivity index (χ1) is 8.67. The van der Waals surface area contributed by atoms with E-state index in [-0.39, 0.29) is 0 Å². The smallest absolute Gasteiger partial charge is 0.225 e. The second kappa shape index (κ2) is 5.87. The van der Waals surface area contributed by atoms with Crippen LogP contribution in [0.25, 0.3) is 0 Å². The van der Waals surface area contributed by atoms with Crippen molar-refractivity contribution < 1.29 is 0 Å². The first kappa shape index (κ1) is 13.6. The van der Waals surface area contributed by atoms with Crippen LogP contribution in [0.1, 0.15) is 46.5 Å². The largest absolute Gasteiger partial charge is 0.338 e. The molecular formula is C13H24N4S. The zero-order chi connectivity index (χ0) is 13.1. The maximum atomic E-state index is 5.32. The predicted molar refractivity (Wildman–Crippen MR) is 77.5 cm³/mol. The molecule has 0 radical (unpaired) electrons. The fourth-order valence-corrected chi connectivity index (χ4v) is 2.97. The molecule has 1 aliphatic rings. The van der Waals surface area contributed by atoms with Gasteiger partial charge in [0.1, 0.15) is 0 Å². The predicted octanol–water partition coefficient (Wildman–Crippen LogP) is 3.37. The number of nitrogens with one attached hydrogen (secondary N) is 1. The maximum absolute atomic E-state index is 5.32. The van der Waals surface area contributed by atoms with E-state index in [0.29, 0.717) is 6.04 Å². The summed E-state index contributed by atoms with van der Waals surface area (Å²) in [7, 11) is 0. The third kappa shape index (κ3) is 2.60. The third-order valence-corrected chi connectivity index (χ3v) is 4.31. The summed E-state index contributed by atoms with van der Waals surface area (Å²) in [5.74, 6) is 1.83. The Morgan fingerprint density at radius 1 is 1.39 bits per heavy atom. The molecule has 0 aromatic carbocycles. The minimum atomic E-state index is 0.564. The van der Waals surface area contributed by atoms with Crippen LogP contribution in [-0.4, -0.2) is 27.4 Å². The molecule has 0 saturated carbocycles. The SMILES string of the molecule is CCCn1c(N2CC(CC)CCC2C)n[nH]c1=S. The van der Waals surface area contributed by atoms with Gasteiger partial charge in [0.2, 0.25) is 5.95 Å². The average Bonchev–Trinajstić information content (AvgIpc) is 2.73. The van der Waals surface area contributed by atoms with Gasteiger partial charge in [-0.25, -0.2) is 5.10 Å². The zero-order valence-electron chi connectivity index (χ0n) is 11.6. The molecule has 1 aromatic heterocycles. The van der Waals surface area contributed by atoms with Gasteiger partial charge in [0.05, 0.1) is 0 Å². The lowest BCUT2D eigenvalue weighted by Crippen LogP contribution is -2.43. The molecule has 1 aliphatic heterocycles. The summed E-state index contributed by atoms with van der Waals surface area (Å²) in [5, 5.41) is 7.40. The molecule has 0 spiro atoms. The van der Waals surface area contributed by atoms with Crippen molar-refractivity contribution in [3.63, 3.8) is 0 Å². The van der Waals surface area contributed by atoms with Gasteiger partial charge in [0, 0.05) is 19.1 Å². The van der Waals surface area contributed by atoms with Gasteiger partial charge >= 0.3 is 0 Å². The summed E-state index contributed by atoms with van der Waals surface area (Å²) < 4.78 is 2.89. The molecule has 0 amide bonds. The van der Waals surface area contributed by atoms with Crippen LogP contribution < -0.4 is 4.90 Å². The molecule has 1 aromatic rings. The summed E-state index contributed by atoms with van der Waals surface area (Å²) in [5.41, 5.74) is 0. The molecule has 1 N–H and O–H groups in total. The van der Waals surface area contributed by atoms with Crippen molar-refractivity contribution in [2.45, 2.75) is 59.0 Å². The number of aromatic nitrogens is 3. The Balaban J connectivity index is 2.26. The van der Waals surface area contributed by atoms with Gasteiger partial charge < -0.3 is 4.90 Å². The highest BCUT2D eigenvalue weighted by molar-refractivity contribution is 7.71. The second-order valence-corrected chi connectivity index (χ2v) is 5.72. The topological polar surface area (TPSA) is 36.9 Å². The first-order valence-electron chi connectivity index (χ1n) is 7.09. The van der Waals surface area contributed by atoms with Gasteiger partial charge in [-0.05, 0) is 44.3 Å². The fraction of sp³-hybridized carbons (Fsp3) is 0.846. The van der Waals surface area contributed by atoms with E-state index in [9.17, 15) is 0 Å². The van der Waals surface area contributed by atoms with E-state index in [1.165, 1.54) is 19.3 Å². The van der Waals surface area contributed by atoms with Crippen LogP contribution in [0, 0.1) is 10.7 Å². The maximum Gasteiger partial charge on any atom is 0.225 e. The molecule has 18 heavy (non-hydrogen) atoms. The first-order valence-corrected chi connectivity index (χ1v) is 7.50. The van der Waals surface area contributed by atoms with Crippen LogP contribution in [0.15, 0.2) is 0 Å². The Morgan fingerprint density at radius 2 is 2.17 bits per heavy atom. The van der Waals surface area contributed by atoms with Gasteiger partial charge in [-0.15, -0.1) is 5.10 Å². The summed E-state index contributed by atoms with van der Waals surface area (Å²) in [4.78, 5) is 2.43. The standard InChI is InChI=1S/C13H24N4S/c1-4-8-16-12(14-15-13(16)18)17-9-11(5-2)7-6-10(17)3/h10-11H,4-9H2,1-3H3,(H,15,18). The molecule has 102 valence electrons. The Bertz CT molecular complexity index is 436. The normalized spacial score (nSPS) is 24.5. The van der Waals surface area contributed by atoms with Crippen molar-refractivity contribution in [2.75, 3.05) is 11.4 Å². The molecule has 2 heterocycles. The van der Waals surface area contributed by atoms with Crippen molar-refractivity contribution >= 4 is 18.2 Å². The Kier molecular flexibility index (Phi) is 4.43. The molecule has 4 nitrogen and oxygen atoms in total.